The molecule has 0 saturated heterocycles. The highest BCUT2D eigenvalue weighted by Gasteiger charge is 2.20. The van der Waals surface area contributed by atoms with Crippen molar-refractivity contribution in [2.24, 2.45) is 0 Å². The second kappa shape index (κ2) is 17.4. The topological polar surface area (TPSA) is 6.48 Å². The van der Waals surface area contributed by atoms with E-state index in [-0.39, 0.29) is 0 Å². The Bertz CT molecular complexity index is 2280. The van der Waals surface area contributed by atoms with E-state index in [9.17, 15) is 0 Å². The van der Waals surface area contributed by atoms with Crippen LogP contribution < -0.4 is 9.80 Å². The van der Waals surface area contributed by atoms with Gasteiger partial charge in [-0.2, -0.15) is 0 Å². The molecule has 2 heteroatoms. The quantitative estimate of drug-likeness (QED) is 0.116. The molecule has 0 amide bonds. The van der Waals surface area contributed by atoms with Gasteiger partial charge in [0.05, 0.1) is 0 Å². The number of aryl methyl sites for hydroxylation is 6. The minimum Gasteiger partial charge on any atom is -0.310 e. The predicted octanol–water partition coefficient (Wildman–Crippen LogP) is 15.3. The van der Waals surface area contributed by atoms with Gasteiger partial charge in [-0.3, -0.25) is 0 Å². The number of nitrogens with zero attached hydrogens (tertiary/aromatic N) is 2. The van der Waals surface area contributed by atoms with Crippen LogP contribution in [0.15, 0.2) is 158 Å². The first kappa shape index (κ1) is 37.9. The largest absolute Gasteiger partial charge is 0.310 e. The van der Waals surface area contributed by atoms with E-state index in [4.69, 9.17) is 0 Å². The summed E-state index contributed by atoms with van der Waals surface area (Å²) in [6, 6.07) is 57.8. The van der Waals surface area contributed by atoms with Crippen LogP contribution in [0.2, 0.25) is 0 Å². The van der Waals surface area contributed by atoms with Gasteiger partial charge in [0, 0.05) is 34.1 Å². The van der Waals surface area contributed by atoms with Crippen molar-refractivity contribution in [3.63, 3.8) is 0 Å². The lowest BCUT2D eigenvalue weighted by molar-refractivity contribution is 1.10. The Morgan fingerprint density at radius 2 is 0.661 bits per heavy atom. The molecule has 0 heterocycles. The van der Waals surface area contributed by atoms with Gasteiger partial charge < -0.3 is 9.80 Å². The molecular weight excluding hydrogens is 677 g/mol. The lowest BCUT2D eigenvalue weighted by Crippen LogP contribution is -2.15. The number of hydrogen-bond acceptors (Lipinski definition) is 2. The van der Waals surface area contributed by atoms with E-state index in [1.165, 1.54) is 55.9 Å². The standard InChI is InChI=1S/C54H52N2/c1-7-47-36-41(5)16-34-53(47)55(49-30-26-45(27-31-49)24-22-43-18-12-39(3)13-19-43)51-10-9-11-52(38-51)56(54-35-17-42(6)37-48(54)8-2)50-32-28-46(29-33-50)25-23-44-20-14-40(4)15-21-44/h9-38H,7-8H2,1-6H3/b24-22+,25-23+. The highest BCUT2D eigenvalue weighted by atomic mass is 15.2. The summed E-state index contributed by atoms with van der Waals surface area (Å²) in [7, 11) is 0. The first-order valence-electron chi connectivity index (χ1n) is 19.9. The summed E-state index contributed by atoms with van der Waals surface area (Å²) < 4.78 is 0. The molecule has 7 aromatic rings. The summed E-state index contributed by atoms with van der Waals surface area (Å²) in [6.07, 6.45) is 10.6. The maximum Gasteiger partial charge on any atom is 0.0493 e. The lowest BCUT2D eigenvalue weighted by atomic mass is 10.0. The summed E-state index contributed by atoms with van der Waals surface area (Å²) in [5, 5.41) is 0. The van der Waals surface area contributed by atoms with Gasteiger partial charge in [-0.1, -0.05) is 164 Å². The molecule has 0 aliphatic rings. The van der Waals surface area contributed by atoms with Crippen molar-refractivity contribution >= 4 is 58.4 Å². The van der Waals surface area contributed by atoms with Crippen molar-refractivity contribution in [1.29, 1.82) is 0 Å². The van der Waals surface area contributed by atoms with Crippen LogP contribution in [0.1, 0.15) is 69.5 Å². The van der Waals surface area contributed by atoms with Crippen LogP contribution in [-0.4, -0.2) is 0 Å². The van der Waals surface area contributed by atoms with Gasteiger partial charge in [0.15, 0.2) is 0 Å². The summed E-state index contributed by atoms with van der Waals surface area (Å²) in [5.41, 5.74) is 19.3. The predicted molar refractivity (Wildman–Crippen MR) is 244 cm³/mol. The lowest BCUT2D eigenvalue weighted by Gasteiger charge is -2.31. The maximum absolute atomic E-state index is 2.42. The fourth-order valence-corrected chi connectivity index (χ4v) is 7.27. The van der Waals surface area contributed by atoms with Crippen molar-refractivity contribution in [2.45, 2.75) is 54.4 Å². The molecule has 7 rings (SSSR count). The van der Waals surface area contributed by atoms with Crippen LogP contribution >= 0.6 is 0 Å². The van der Waals surface area contributed by atoms with Gasteiger partial charge in [0.2, 0.25) is 0 Å². The van der Waals surface area contributed by atoms with Gasteiger partial charge >= 0.3 is 0 Å². The molecule has 0 bridgehead atoms. The summed E-state index contributed by atoms with van der Waals surface area (Å²) in [6.45, 7) is 13.1. The molecule has 0 aliphatic heterocycles. The minimum absolute atomic E-state index is 0.935. The average molecular weight is 729 g/mol. The number of benzene rings is 7. The second-order valence-electron chi connectivity index (χ2n) is 14.8. The van der Waals surface area contributed by atoms with E-state index in [0.29, 0.717) is 0 Å². The molecule has 0 aromatic heterocycles. The van der Waals surface area contributed by atoms with Gasteiger partial charge in [0.1, 0.15) is 0 Å². The third-order valence-electron chi connectivity index (χ3n) is 10.5. The molecule has 7 aromatic carbocycles. The van der Waals surface area contributed by atoms with E-state index in [1.54, 1.807) is 0 Å². The molecule has 0 radical (unpaired) electrons. The van der Waals surface area contributed by atoms with Crippen LogP contribution in [0.4, 0.5) is 34.1 Å². The zero-order valence-corrected chi connectivity index (χ0v) is 33.6. The molecule has 0 spiro atoms. The molecule has 56 heavy (non-hydrogen) atoms. The molecule has 0 aliphatic carbocycles. The Kier molecular flexibility index (Phi) is 11.8. The van der Waals surface area contributed by atoms with Crippen molar-refractivity contribution < 1.29 is 0 Å². The van der Waals surface area contributed by atoms with Crippen molar-refractivity contribution in [1.82, 2.24) is 0 Å². The van der Waals surface area contributed by atoms with Crippen LogP contribution in [0.5, 0.6) is 0 Å². The van der Waals surface area contributed by atoms with Crippen molar-refractivity contribution in [3.05, 3.63) is 213 Å². The molecular formula is C54H52N2. The van der Waals surface area contributed by atoms with E-state index < -0.39 is 0 Å². The van der Waals surface area contributed by atoms with E-state index in [1.807, 2.05) is 0 Å². The van der Waals surface area contributed by atoms with E-state index >= 15 is 0 Å². The summed E-state index contributed by atoms with van der Waals surface area (Å²) in [5.74, 6) is 0. The maximum atomic E-state index is 2.42. The Balaban J connectivity index is 1.30. The van der Waals surface area contributed by atoms with Crippen molar-refractivity contribution in [2.75, 3.05) is 9.80 Å². The summed E-state index contributed by atoms with van der Waals surface area (Å²) >= 11 is 0. The molecule has 0 saturated carbocycles. The fraction of sp³-hybridized carbons (Fsp3) is 0.148. The first-order chi connectivity index (χ1) is 27.3. The average Bonchev–Trinajstić information content (AvgIpc) is 3.22. The Morgan fingerprint density at radius 3 is 1.00 bits per heavy atom. The highest BCUT2D eigenvalue weighted by molar-refractivity contribution is 5.85. The monoisotopic (exact) mass is 728 g/mol. The summed E-state index contributed by atoms with van der Waals surface area (Å²) in [4.78, 5) is 4.84. The zero-order valence-electron chi connectivity index (χ0n) is 33.6. The zero-order chi connectivity index (χ0) is 39.0. The highest BCUT2D eigenvalue weighted by Crippen LogP contribution is 2.43. The molecule has 0 N–H and O–H groups in total. The molecule has 2 nitrogen and oxygen atoms in total. The smallest absolute Gasteiger partial charge is 0.0493 e. The SMILES string of the molecule is CCc1cc(C)ccc1N(c1ccc(/C=C/c2ccc(C)cc2)cc1)c1cccc(N(c2ccc(/C=C/c3ccc(C)cc3)cc2)c2ccc(C)cc2CC)c1. The van der Waals surface area contributed by atoms with Gasteiger partial charge in [-0.15, -0.1) is 0 Å². The van der Waals surface area contributed by atoms with Crippen LogP contribution in [0, 0.1) is 27.7 Å². The molecule has 278 valence electrons. The van der Waals surface area contributed by atoms with Crippen molar-refractivity contribution in [3.8, 4) is 0 Å². The van der Waals surface area contributed by atoms with E-state index in [2.05, 4.69) is 233 Å². The van der Waals surface area contributed by atoms with Crippen LogP contribution in [0.25, 0.3) is 24.3 Å². The first-order valence-corrected chi connectivity index (χ1v) is 19.9. The van der Waals surface area contributed by atoms with Gasteiger partial charge in [-0.25, -0.2) is 0 Å². The minimum atomic E-state index is 0.935. The molecule has 0 unspecified atom stereocenters. The Labute approximate surface area is 334 Å². The number of anilines is 6. The third kappa shape index (κ3) is 8.94. The van der Waals surface area contributed by atoms with Gasteiger partial charge in [0.25, 0.3) is 0 Å². The third-order valence-corrected chi connectivity index (χ3v) is 10.5. The Morgan fingerprint density at radius 1 is 0.339 bits per heavy atom. The normalized spacial score (nSPS) is 11.4. The van der Waals surface area contributed by atoms with Gasteiger partial charge in [-0.05, 0) is 129 Å². The van der Waals surface area contributed by atoms with Crippen LogP contribution in [-0.2, 0) is 12.8 Å². The number of hydrogen-bond donors (Lipinski definition) is 0. The fourth-order valence-electron chi connectivity index (χ4n) is 7.27. The van der Waals surface area contributed by atoms with E-state index in [0.717, 1.165) is 46.7 Å². The number of rotatable bonds is 12. The molecule has 0 fully saturated rings. The molecule has 0 atom stereocenters. The van der Waals surface area contributed by atoms with Crippen LogP contribution in [0.3, 0.4) is 0 Å². The second-order valence-corrected chi connectivity index (χ2v) is 14.8. The Hall–Kier alpha value is -6.38.